The Bertz CT molecular complexity index is 1140. The minimum atomic E-state index is -0.893. The Labute approximate surface area is 201 Å². The number of aryl methyl sites for hydroxylation is 2. The number of amides is 3. The second-order valence-electron chi connectivity index (χ2n) is 7.93. The van der Waals surface area contributed by atoms with Crippen LogP contribution < -0.4 is 10.7 Å². The van der Waals surface area contributed by atoms with Crippen LogP contribution in [-0.2, 0) is 32.0 Å². The van der Waals surface area contributed by atoms with Gasteiger partial charge in [0.05, 0.1) is 17.4 Å². The molecule has 0 bridgehead atoms. The van der Waals surface area contributed by atoms with Crippen molar-refractivity contribution < 1.29 is 28.8 Å². The minimum Gasteiger partial charge on any atom is -0.455 e. The van der Waals surface area contributed by atoms with E-state index in [2.05, 4.69) is 10.7 Å². The summed E-state index contributed by atoms with van der Waals surface area (Å²) in [7, 11) is 0. The van der Waals surface area contributed by atoms with Crippen molar-refractivity contribution in [1.82, 2.24) is 10.4 Å². The highest BCUT2D eigenvalue weighted by molar-refractivity contribution is 5.99. The summed E-state index contributed by atoms with van der Waals surface area (Å²) in [4.78, 5) is 60.0. The molecule has 1 aliphatic heterocycles. The third-order valence-electron chi connectivity index (χ3n) is 5.65. The molecule has 0 aliphatic carbocycles. The molecule has 2 aromatic carbocycles. The van der Waals surface area contributed by atoms with E-state index in [1.807, 2.05) is 32.0 Å². The number of benzene rings is 2. The van der Waals surface area contributed by atoms with Gasteiger partial charge < -0.3 is 10.1 Å². The molecule has 1 atom stereocenters. The van der Waals surface area contributed by atoms with E-state index >= 15 is 0 Å². The first-order valence-corrected chi connectivity index (χ1v) is 11.2. The first-order valence-electron chi connectivity index (χ1n) is 11.2. The number of esters is 1. The highest BCUT2D eigenvalue weighted by Gasteiger charge is 2.37. The lowest BCUT2D eigenvalue weighted by Crippen LogP contribution is -2.43. The summed E-state index contributed by atoms with van der Waals surface area (Å²) >= 11 is 0. The number of ether oxygens (including phenoxy) is 1. The number of hydrogen-bond donors (Lipinski definition) is 2. The van der Waals surface area contributed by atoms with Crippen LogP contribution in [0.15, 0.2) is 42.5 Å². The van der Waals surface area contributed by atoms with Crippen LogP contribution in [0.3, 0.4) is 0 Å². The summed E-state index contributed by atoms with van der Waals surface area (Å²) in [6.45, 7) is 3.25. The van der Waals surface area contributed by atoms with Crippen LogP contribution in [0.25, 0.3) is 0 Å². The molecule has 3 amide bonds. The Kier molecular flexibility index (Phi) is 8.13. The second kappa shape index (κ2) is 11.2. The first kappa shape index (κ1) is 25.3. The molecular weight excluding hydrogens is 456 g/mol. The highest BCUT2D eigenvalue weighted by atomic mass is 16.6. The Morgan fingerprint density at radius 1 is 1.09 bits per heavy atom. The summed E-state index contributed by atoms with van der Waals surface area (Å²) in [5.41, 5.74) is 4.32. The SMILES string of the molecule is CCc1cccc(CC)c1NC(=O)COC(=O)[C@@H]1CC(=O)N(NC(=O)c2ccccc2[N+](=O)[O-])C1. The van der Waals surface area contributed by atoms with Gasteiger partial charge in [-0.1, -0.05) is 44.2 Å². The van der Waals surface area contributed by atoms with E-state index < -0.39 is 46.8 Å². The van der Waals surface area contributed by atoms with Gasteiger partial charge in [0.1, 0.15) is 5.56 Å². The lowest BCUT2D eigenvalue weighted by molar-refractivity contribution is -0.385. The second-order valence-corrected chi connectivity index (χ2v) is 7.93. The number of nitrogens with zero attached hydrogens (tertiary/aromatic N) is 2. The van der Waals surface area contributed by atoms with Gasteiger partial charge in [0.25, 0.3) is 17.5 Å². The maximum absolute atomic E-state index is 12.5. The number of hydrazine groups is 1. The lowest BCUT2D eigenvalue weighted by atomic mass is 10.0. The quantitative estimate of drug-likeness (QED) is 0.317. The summed E-state index contributed by atoms with van der Waals surface area (Å²) in [6.07, 6.45) is 1.22. The molecule has 11 heteroatoms. The fraction of sp³-hybridized carbons (Fsp3) is 0.333. The molecule has 1 fully saturated rings. The topological polar surface area (TPSA) is 148 Å². The third-order valence-corrected chi connectivity index (χ3v) is 5.65. The zero-order chi connectivity index (χ0) is 25.5. The average molecular weight is 482 g/mol. The molecule has 2 aromatic rings. The summed E-state index contributed by atoms with van der Waals surface area (Å²) in [5, 5.41) is 14.9. The molecular formula is C24H26N4O7. The van der Waals surface area contributed by atoms with Crippen molar-refractivity contribution in [3.63, 3.8) is 0 Å². The monoisotopic (exact) mass is 482 g/mol. The molecule has 1 heterocycles. The summed E-state index contributed by atoms with van der Waals surface area (Å²) in [6, 6.07) is 11.1. The summed E-state index contributed by atoms with van der Waals surface area (Å²) in [5.74, 6) is -3.54. The normalized spacial score (nSPS) is 15.0. The average Bonchev–Trinajstić information content (AvgIpc) is 3.22. The number of rotatable bonds is 9. The van der Waals surface area contributed by atoms with E-state index in [-0.39, 0.29) is 18.5 Å². The Hall–Kier alpha value is -4.28. The number of anilines is 1. The number of carbonyl (C=O) groups is 4. The predicted octanol–water partition coefficient (Wildman–Crippen LogP) is 2.39. The molecule has 0 aromatic heterocycles. The van der Waals surface area contributed by atoms with Crippen molar-refractivity contribution in [2.75, 3.05) is 18.5 Å². The largest absolute Gasteiger partial charge is 0.455 e. The molecule has 0 spiro atoms. The van der Waals surface area contributed by atoms with Crippen LogP contribution in [0.5, 0.6) is 0 Å². The van der Waals surface area contributed by atoms with Crippen LogP contribution in [-0.4, -0.2) is 46.8 Å². The Balaban J connectivity index is 1.56. The number of nitrogens with one attached hydrogen (secondary N) is 2. The standard InChI is InChI=1S/C24H26N4O7/c1-3-15-8-7-9-16(4-2)22(15)25-20(29)14-35-24(32)17-12-21(30)27(13-17)26-23(31)18-10-5-6-11-19(18)28(33)34/h5-11,17H,3-4,12-14H2,1-2H3,(H,25,29)(H,26,31)/t17-/m1/s1. The number of para-hydroxylation sites is 2. The zero-order valence-electron chi connectivity index (χ0n) is 19.4. The van der Waals surface area contributed by atoms with Gasteiger partial charge in [-0.2, -0.15) is 0 Å². The Morgan fingerprint density at radius 2 is 1.74 bits per heavy atom. The van der Waals surface area contributed by atoms with Gasteiger partial charge in [-0.25, -0.2) is 0 Å². The van der Waals surface area contributed by atoms with Crippen LogP contribution in [0.1, 0.15) is 41.8 Å². The van der Waals surface area contributed by atoms with E-state index in [0.717, 1.165) is 29.0 Å². The van der Waals surface area contributed by atoms with Gasteiger partial charge in [-0.05, 0) is 30.0 Å². The summed E-state index contributed by atoms with van der Waals surface area (Å²) < 4.78 is 5.11. The van der Waals surface area contributed by atoms with Gasteiger partial charge in [-0.15, -0.1) is 0 Å². The van der Waals surface area contributed by atoms with Crippen molar-refractivity contribution >= 4 is 35.1 Å². The first-order chi connectivity index (χ1) is 16.7. The van der Waals surface area contributed by atoms with E-state index in [1.54, 1.807) is 0 Å². The molecule has 0 saturated carbocycles. The van der Waals surface area contributed by atoms with Gasteiger partial charge in [-0.3, -0.25) is 39.7 Å². The van der Waals surface area contributed by atoms with E-state index in [0.29, 0.717) is 5.69 Å². The minimum absolute atomic E-state index is 0.176. The zero-order valence-corrected chi connectivity index (χ0v) is 19.4. The molecule has 11 nitrogen and oxygen atoms in total. The number of nitro benzene ring substituents is 1. The molecule has 2 N–H and O–H groups in total. The molecule has 35 heavy (non-hydrogen) atoms. The van der Waals surface area contributed by atoms with Gasteiger partial charge in [0, 0.05) is 18.2 Å². The van der Waals surface area contributed by atoms with Gasteiger partial charge in [0.2, 0.25) is 5.91 Å². The van der Waals surface area contributed by atoms with Crippen LogP contribution in [0.2, 0.25) is 0 Å². The van der Waals surface area contributed by atoms with Crippen molar-refractivity contribution in [2.24, 2.45) is 5.92 Å². The van der Waals surface area contributed by atoms with E-state index in [9.17, 15) is 29.3 Å². The van der Waals surface area contributed by atoms with Crippen molar-refractivity contribution in [2.45, 2.75) is 33.1 Å². The maximum Gasteiger partial charge on any atom is 0.311 e. The number of carbonyl (C=O) groups excluding carboxylic acids is 4. The fourth-order valence-corrected chi connectivity index (χ4v) is 3.81. The highest BCUT2D eigenvalue weighted by Crippen LogP contribution is 2.23. The smallest absolute Gasteiger partial charge is 0.311 e. The van der Waals surface area contributed by atoms with Crippen LogP contribution in [0.4, 0.5) is 11.4 Å². The van der Waals surface area contributed by atoms with Crippen molar-refractivity contribution in [1.29, 1.82) is 0 Å². The molecule has 0 unspecified atom stereocenters. The number of nitro groups is 1. The van der Waals surface area contributed by atoms with E-state index in [4.69, 9.17) is 4.74 Å². The number of hydrogen-bond acceptors (Lipinski definition) is 7. The van der Waals surface area contributed by atoms with Crippen LogP contribution >= 0.6 is 0 Å². The molecule has 1 aliphatic rings. The molecule has 1 saturated heterocycles. The van der Waals surface area contributed by atoms with Gasteiger partial charge >= 0.3 is 5.97 Å². The molecule has 0 radical (unpaired) electrons. The van der Waals surface area contributed by atoms with Crippen molar-refractivity contribution in [3.8, 4) is 0 Å². The Morgan fingerprint density at radius 3 is 2.37 bits per heavy atom. The fourth-order valence-electron chi connectivity index (χ4n) is 3.81. The molecule has 184 valence electrons. The third kappa shape index (κ3) is 5.99. The van der Waals surface area contributed by atoms with Crippen molar-refractivity contribution in [3.05, 3.63) is 69.3 Å². The lowest BCUT2D eigenvalue weighted by Gasteiger charge is -2.17. The maximum atomic E-state index is 12.5. The predicted molar refractivity (Wildman–Crippen MR) is 125 cm³/mol. The molecule has 3 rings (SSSR count). The van der Waals surface area contributed by atoms with E-state index in [1.165, 1.54) is 24.3 Å². The van der Waals surface area contributed by atoms with Crippen LogP contribution in [0, 0.1) is 16.0 Å². The van der Waals surface area contributed by atoms with Gasteiger partial charge in [0.15, 0.2) is 6.61 Å².